The van der Waals surface area contributed by atoms with E-state index in [-0.39, 0.29) is 11.6 Å². The highest BCUT2D eigenvalue weighted by molar-refractivity contribution is 5.56. The van der Waals surface area contributed by atoms with E-state index in [0.717, 1.165) is 18.9 Å². The van der Waals surface area contributed by atoms with Gasteiger partial charge in [0.05, 0.1) is 23.2 Å². The van der Waals surface area contributed by atoms with Crippen molar-refractivity contribution in [2.75, 3.05) is 18.6 Å². The number of nitrogens with zero attached hydrogens (tertiary/aromatic N) is 2. The Bertz CT molecular complexity index is 792. The van der Waals surface area contributed by atoms with Gasteiger partial charge in [-0.1, -0.05) is 0 Å². The lowest BCUT2D eigenvalue weighted by Gasteiger charge is -2.26. The van der Waals surface area contributed by atoms with Gasteiger partial charge in [-0.25, -0.2) is 0 Å². The third kappa shape index (κ3) is 3.49. The van der Waals surface area contributed by atoms with Crippen LogP contribution in [-0.2, 0) is 17.5 Å². The molecule has 0 radical (unpaired) electrons. The van der Waals surface area contributed by atoms with Crippen LogP contribution in [0.3, 0.4) is 0 Å². The predicted molar refractivity (Wildman–Crippen MR) is 84.9 cm³/mol. The largest absolute Gasteiger partial charge is 0.461 e. The molecule has 0 bridgehead atoms. The van der Waals surface area contributed by atoms with Crippen LogP contribution in [0, 0.1) is 11.3 Å². The lowest BCUT2D eigenvalue weighted by Crippen LogP contribution is -2.23. The Morgan fingerprint density at radius 1 is 1.32 bits per heavy atom. The van der Waals surface area contributed by atoms with Gasteiger partial charge in [0.25, 0.3) is 0 Å². The monoisotopic (exact) mass is 350 g/mol. The minimum Gasteiger partial charge on any atom is -0.461 e. The van der Waals surface area contributed by atoms with Crippen LogP contribution in [0.4, 0.5) is 18.9 Å². The molecule has 2 aromatic rings. The van der Waals surface area contributed by atoms with Crippen molar-refractivity contribution < 1.29 is 22.3 Å². The lowest BCUT2D eigenvalue weighted by atomic mass is 10.1. The summed E-state index contributed by atoms with van der Waals surface area (Å²) in [6.07, 6.45) is -2.92. The molecule has 3 rings (SSSR count). The van der Waals surface area contributed by atoms with Crippen LogP contribution in [0.25, 0.3) is 0 Å². The number of hydrogen-bond donors (Lipinski definition) is 0. The van der Waals surface area contributed by atoms with Gasteiger partial charge in [-0.05, 0) is 43.2 Å². The summed E-state index contributed by atoms with van der Waals surface area (Å²) in [6, 6.07) is 8.98. The second-order valence-electron chi connectivity index (χ2n) is 5.93. The number of alkyl halides is 3. The summed E-state index contributed by atoms with van der Waals surface area (Å²) in [5, 5.41) is 8.93. The molecule has 1 fully saturated rings. The van der Waals surface area contributed by atoms with E-state index in [2.05, 4.69) is 0 Å². The standard InChI is InChI=1S/C18H17F3N2O2/c1-24-11-14-6-7-17(25-14)16-3-2-8-23(16)13-5-4-12(10-22)15(9-13)18(19,20)21/h4-7,9,16H,2-3,8,11H2,1H3. The Balaban J connectivity index is 1.93. The predicted octanol–water partition coefficient (Wildman–Crippen LogP) is 4.66. The maximum absolute atomic E-state index is 13.2. The SMILES string of the molecule is COCc1ccc(C2CCCN2c2ccc(C#N)c(C(F)(F)F)c2)o1. The molecule has 1 aromatic heterocycles. The van der Waals surface area contributed by atoms with Crippen LogP contribution in [0.5, 0.6) is 0 Å². The van der Waals surface area contributed by atoms with Crippen LogP contribution in [0.2, 0.25) is 0 Å². The summed E-state index contributed by atoms with van der Waals surface area (Å²) >= 11 is 0. The maximum atomic E-state index is 13.2. The first-order chi connectivity index (χ1) is 11.9. The van der Waals surface area contributed by atoms with Gasteiger partial charge in [0, 0.05) is 19.3 Å². The van der Waals surface area contributed by atoms with Crippen molar-refractivity contribution in [1.82, 2.24) is 0 Å². The Morgan fingerprint density at radius 3 is 2.80 bits per heavy atom. The van der Waals surface area contributed by atoms with Crippen molar-refractivity contribution in [3.63, 3.8) is 0 Å². The van der Waals surface area contributed by atoms with E-state index in [0.29, 0.717) is 30.4 Å². The number of hydrogen-bond acceptors (Lipinski definition) is 4. The lowest BCUT2D eigenvalue weighted by molar-refractivity contribution is -0.137. The van der Waals surface area contributed by atoms with E-state index < -0.39 is 11.7 Å². The number of furan rings is 1. The fourth-order valence-electron chi connectivity index (χ4n) is 3.21. The Kier molecular flexibility index (Phi) is 4.73. The summed E-state index contributed by atoms with van der Waals surface area (Å²) in [5.74, 6) is 1.39. The van der Waals surface area contributed by atoms with Crippen LogP contribution in [0.1, 0.15) is 41.5 Å². The molecule has 0 N–H and O–H groups in total. The van der Waals surface area contributed by atoms with Crippen LogP contribution in [-0.4, -0.2) is 13.7 Å². The minimum atomic E-state index is -4.56. The van der Waals surface area contributed by atoms with Gasteiger partial charge in [-0.3, -0.25) is 0 Å². The van der Waals surface area contributed by atoms with E-state index in [4.69, 9.17) is 14.4 Å². The molecule has 0 spiro atoms. The number of benzene rings is 1. The molecule has 2 heterocycles. The maximum Gasteiger partial charge on any atom is 0.417 e. The highest BCUT2D eigenvalue weighted by Crippen LogP contribution is 2.40. The first kappa shape index (κ1) is 17.4. The van der Waals surface area contributed by atoms with Crippen molar-refractivity contribution in [1.29, 1.82) is 5.26 Å². The molecule has 1 aliphatic rings. The molecule has 0 saturated carbocycles. The Hall–Kier alpha value is -2.46. The highest BCUT2D eigenvalue weighted by atomic mass is 19.4. The number of nitriles is 1. The summed E-state index contributed by atoms with van der Waals surface area (Å²) in [5.41, 5.74) is -0.830. The second kappa shape index (κ2) is 6.81. The fourth-order valence-corrected chi connectivity index (χ4v) is 3.21. The van der Waals surface area contributed by atoms with Crippen molar-refractivity contribution in [3.8, 4) is 6.07 Å². The number of rotatable bonds is 4. The third-order valence-electron chi connectivity index (χ3n) is 4.31. The number of methoxy groups -OCH3 is 1. The zero-order valence-electron chi connectivity index (χ0n) is 13.6. The molecule has 0 aliphatic carbocycles. The van der Waals surface area contributed by atoms with Crippen molar-refractivity contribution in [3.05, 3.63) is 53.0 Å². The van der Waals surface area contributed by atoms with E-state index in [1.807, 2.05) is 17.0 Å². The third-order valence-corrected chi connectivity index (χ3v) is 4.31. The average molecular weight is 350 g/mol. The topological polar surface area (TPSA) is 49.4 Å². The van der Waals surface area contributed by atoms with E-state index in [1.54, 1.807) is 19.2 Å². The van der Waals surface area contributed by atoms with Crippen LogP contribution < -0.4 is 4.90 Å². The van der Waals surface area contributed by atoms with Gasteiger partial charge in [-0.15, -0.1) is 0 Å². The van der Waals surface area contributed by atoms with Crippen LogP contribution in [0.15, 0.2) is 34.7 Å². The minimum absolute atomic E-state index is 0.125. The molecule has 4 nitrogen and oxygen atoms in total. The van der Waals surface area contributed by atoms with Crippen molar-refractivity contribution >= 4 is 5.69 Å². The van der Waals surface area contributed by atoms with E-state index in [1.165, 1.54) is 6.07 Å². The molecular weight excluding hydrogens is 333 g/mol. The zero-order valence-corrected chi connectivity index (χ0v) is 13.6. The fraction of sp³-hybridized carbons (Fsp3) is 0.389. The Morgan fingerprint density at radius 2 is 2.12 bits per heavy atom. The zero-order chi connectivity index (χ0) is 18.0. The summed E-state index contributed by atoms with van der Waals surface area (Å²) < 4.78 is 50.4. The molecule has 1 saturated heterocycles. The molecule has 25 heavy (non-hydrogen) atoms. The van der Waals surface area contributed by atoms with E-state index >= 15 is 0 Å². The van der Waals surface area contributed by atoms with Gasteiger partial charge >= 0.3 is 6.18 Å². The summed E-state index contributed by atoms with van der Waals surface area (Å²) in [4.78, 5) is 1.89. The molecule has 1 aliphatic heterocycles. The molecule has 7 heteroatoms. The molecule has 0 amide bonds. The molecule has 1 aromatic carbocycles. The quantitative estimate of drug-likeness (QED) is 0.805. The van der Waals surface area contributed by atoms with Gasteiger partial charge in [0.1, 0.15) is 18.1 Å². The summed E-state index contributed by atoms with van der Waals surface area (Å²) in [6.45, 7) is 0.982. The number of halogens is 3. The second-order valence-corrected chi connectivity index (χ2v) is 5.93. The molecule has 1 atom stereocenters. The molecular formula is C18H17F3N2O2. The van der Waals surface area contributed by atoms with Gasteiger partial charge in [0.2, 0.25) is 0 Å². The van der Waals surface area contributed by atoms with Gasteiger partial charge in [0.15, 0.2) is 0 Å². The number of ether oxygens (including phenoxy) is 1. The smallest absolute Gasteiger partial charge is 0.417 e. The first-order valence-electron chi connectivity index (χ1n) is 7.89. The van der Waals surface area contributed by atoms with Gasteiger partial charge < -0.3 is 14.1 Å². The first-order valence-corrected chi connectivity index (χ1v) is 7.89. The van der Waals surface area contributed by atoms with Crippen molar-refractivity contribution in [2.24, 2.45) is 0 Å². The highest BCUT2D eigenvalue weighted by Gasteiger charge is 2.36. The molecule has 1 unspecified atom stereocenters. The Labute approximate surface area is 143 Å². The normalized spacial score (nSPS) is 17.7. The van der Waals surface area contributed by atoms with E-state index in [9.17, 15) is 13.2 Å². The average Bonchev–Trinajstić information content (AvgIpc) is 3.22. The summed E-state index contributed by atoms with van der Waals surface area (Å²) in [7, 11) is 1.57. The van der Waals surface area contributed by atoms with Crippen LogP contribution >= 0.6 is 0 Å². The van der Waals surface area contributed by atoms with Crippen molar-refractivity contribution in [2.45, 2.75) is 31.7 Å². The molecule has 132 valence electrons. The number of anilines is 1. The van der Waals surface area contributed by atoms with Gasteiger partial charge in [-0.2, -0.15) is 18.4 Å².